The highest BCUT2D eigenvalue weighted by Gasteiger charge is 2.21. The molecule has 0 saturated heterocycles. The van der Waals surface area contributed by atoms with Crippen LogP contribution in [0.3, 0.4) is 0 Å². The van der Waals surface area contributed by atoms with Gasteiger partial charge in [0.25, 0.3) is 0 Å². The van der Waals surface area contributed by atoms with Gasteiger partial charge in [-0.1, -0.05) is 17.4 Å². The Morgan fingerprint density at radius 1 is 1.04 bits per heavy atom. The van der Waals surface area contributed by atoms with Crippen LogP contribution in [0.1, 0.15) is 5.01 Å². The molecule has 0 fully saturated rings. The van der Waals surface area contributed by atoms with E-state index < -0.39 is 35.6 Å². The van der Waals surface area contributed by atoms with Crippen LogP contribution < -0.4 is 14.8 Å². The molecule has 0 amide bonds. The van der Waals surface area contributed by atoms with Crippen molar-refractivity contribution >= 4 is 22.2 Å². The number of aromatic nitrogens is 2. The molecule has 1 heterocycles. The number of nitrogens with zero attached hydrogens (tertiary/aromatic N) is 2. The van der Waals surface area contributed by atoms with E-state index >= 15 is 0 Å². The molecule has 0 bridgehead atoms. The van der Waals surface area contributed by atoms with Gasteiger partial charge in [-0.2, -0.15) is 8.78 Å². The van der Waals surface area contributed by atoms with Crippen molar-refractivity contribution in [1.29, 1.82) is 0 Å². The fourth-order valence-corrected chi connectivity index (χ4v) is 2.67. The average molecular weight is 385 g/mol. The number of methoxy groups -OCH3 is 1. The molecule has 26 heavy (non-hydrogen) atoms. The van der Waals surface area contributed by atoms with Crippen molar-refractivity contribution < 1.29 is 27.0 Å². The van der Waals surface area contributed by atoms with E-state index in [2.05, 4.69) is 15.5 Å². The van der Waals surface area contributed by atoms with E-state index in [1.807, 2.05) is 0 Å². The Kier molecular flexibility index (Phi) is 5.21. The lowest BCUT2D eigenvalue weighted by atomic mass is 10.3. The summed E-state index contributed by atoms with van der Waals surface area (Å²) < 4.78 is 63.3. The number of rotatable bonds is 6. The first-order valence-electron chi connectivity index (χ1n) is 7.17. The average Bonchev–Trinajstić information content (AvgIpc) is 3.07. The second-order valence-corrected chi connectivity index (χ2v) is 6.01. The first-order chi connectivity index (χ1) is 12.5. The molecule has 0 unspecified atom stereocenters. The normalized spacial score (nSPS) is 10.7. The summed E-state index contributed by atoms with van der Waals surface area (Å²) in [6, 6.07) is 7.17. The predicted octanol–water partition coefficient (Wildman–Crippen LogP) is 4.43. The van der Waals surface area contributed by atoms with Crippen LogP contribution in [-0.2, 0) is 6.61 Å². The Bertz CT molecular complexity index is 910. The second kappa shape index (κ2) is 7.56. The van der Waals surface area contributed by atoms with E-state index in [4.69, 9.17) is 9.47 Å². The summed E-state index contributed by atoms with van der Waals surface area (Å²) in [4.78, 5) is 0. The Morgan fingerprint density at radius 3 is 2.46 bits per heavy atom. The molecule has 136 valence electrons. The van der Waals surface area contributed by atoms with Crippen LogP contribution in [0.4, 0.5) is 28.4 Å². The second-order valence-electron chi connectivity index (χ2n) is 4.94. The van der Waals surface area contributed by atoms with Gasteiger partial charge in [0.15, 0.2) is 22.4 Å². The maximum atomic E-state index is 13.5. The lowest BCUT2D eigenvalue weighted by Gasteiger charge is -2.07. The van der Waals surface area contributed by atoms with Crippen molar-refractivity contribution in [2.24, 2.45) is 0 Å². The van der Waals surface area contributed by atoms with E-state index in [1.165, 1.54) is 7.11 Å². The van der Waals surface area contributed by atoms with E-state index in [0.29, 0.717) is 16.6 Å². The van der Waals surface area contributed by atoms with E-state index in [0.717, 1.165) is 11.3 Å². The van der Waals surface area contributed by atoms with Crippen molar-refractivity contribution in [3.8, 4) is 11.5 Å². The minimum absolute atomic E-state index is 0.110. The van der Waals surface area contributed by atoms with Gasteiger partial charge >= 0.3 is 0 Å². The largest absolute Gasteiger partial charge is 0.497 e. The number of hydrogen-bond acceptors (Lipinski definition) is 6. The minimum Gasteiger partial charge on any atom is -0.497 e. The van der Waals surface area contributed by atoms with E-state index in [1.54, 1.807) is 24.3 Å². The molecule has 2 aromatic carbocycles. The van der Waals surface area contributed by atoms with Crippen molar-refractivity contribution in [3.05, 3.63) is 58.6 Å². The van der Waals surface area contributed by atoms with Gasteiger partial charge in [-0.3, -0.25) is 0 Å². The molecule has 1 N–H and O–H groups in total. The lowest BCUT2D eigenvalue weighted by molar-refractivity contribution is 0.260. The quantitative estimate of drug-likeness (QED) is 0.503. The van der Waals surface area contributed by atoms with Gasteiger partial charge in [0.2, 0.25) is 16.8 Å². The Labute approximate surface area is 149 Å². The third kappa shape index (κ3) is 3.85. The molecule has 0 saturated carbocycles. The SMILES string of the molecule is COc1cccc(Nc2nnc(COc3c(F)c(F)cc(F)c3F)s2)c1. The van der Waals surface area contributed by atoms with Crippen LogP contribution in [0.2, 0.25) is 0 Å². The van der Waals surface area contributed by atoms with Gasteiger partial charge in [0.05, 0.1) is 7.11 Å². The van der Waals surface area contributed by atoms with Crippen LogP contribution >= 0.6 is 11.3 Å². The van der Waals surface area contributed by atoms with Crippen LogP contribution in [0.15, 0.2) is 30.3 Å². The fourth-order valence-electron chi connectivity index (χ4n) is 2.00. The number of halogens is 4. The summed E-state index contributed by atoms with van der Waals surface area (Å²) in [6.07, 6.45) is 0. The molecule has 0 spiro atoms. The number of anilines is 2. The van der Waals surface area contributed by atoms with Gasteiger partial charge < -0.3 is 14.8 Å². The molecule has 3 rings (SSSR count). The monoisotopic (exact) mass is 385 g/mol. The number of hydrogen-bond donors (Lipinski definition) is 1. The molecular formula is C16H11F4N3O2S. The third-order valence-electron chi connectivity index (χ3n) is 3.20. The van der Waals surface area contributed by atoms with E-state index in [9.17, 15) is 17.6 Å². The van der Waals surface area contributed by atoms with Crippen LogP contribution in [0.5, 0.6) is 11.5 Å². The minimum atomic E-state index is -1.61. The highest BCUT2D eigenvalue weighted by Crippen LogP contribution is 2.28. The standard InChI is InChI=1S/C16H11F4N3O2S/c1-24-9-4-2-3-8(5-9)21-16-23-22-12(26-16)7-25-15-13(19)10(17)6-11(18)14(15)20/h2-6H,7H2,1H3,(H,21,23). The predicted molar refractivity (Wildman–Crippen MR) is 86.8 cm³/mol. The Balaban J connectivity index is 1.70. The Hall–Kier alpha value is -2.88. The van der Waals surface area contributed by atoms with Gasteiger partial charge in [-0.15, -0.1) is 10.2 Å². The number of ether oxygens (including phenoxy) is 2. The fraction of sp³-hybridized carbons (Fsp3) is 0.125. The summed E-state index contributed by atoms with van der Waals surface area (Å²) in [6.45, 7) is -0.409. The molecule has 0 aliphatic heterocycles. The Morgan fingerprint density at radius 2 is 1.77 bits per heavy atom. The maximum absolute atomic E-state index is 13.5. The summed E-state index contributed by atoms with van der Waals surface area (Å²) in [7, 11) is 1.53. The van der Waals surface area contributed by atoms with Gasteiger partial charge in [0, 0.05) is 17.8 Å². The molecule has 0 aliphatic rings. The highest BCUT2D eigenvalue weighted by atomic mass is 32.1. The van der Waals surface area contributed by atoms with Crippen LogP contribution in [0.25, 0.3) is 0 Å². The van der Waals surface area contributed by atoms with Crippen LogP contribution in [0, 0.1) is 23.3 Å². The molecule has 0 radical (unpaired) electrons. The summed E-state index contributed by atoms with van der Waals surface area (Å²) in [5.74, 6) is -6.80. The first kappa shape index (κ1) is 17.9. The zero-order chi connectivity index (χ0) is 18.7. The molecule has 10 heteroatoms. The van der Waals surface area contributed by atoms with Crippen molar-refractivity contribution in [2.75, 3.05) is 12.4 Å². The molecular weight excluding hydrogens is 374 g/mol. The smallest absolute Gasteiger partial charge is 0.210 e. The summed E-state index contributed by atoms with van der Waals surface area (Å²) in [5, 5.41) is 11.3. The maximum Gasteiger partial charge on any atom is 0.210 e. The topological polar surface area (TPSA) is 56.3 Å². The van der Waals surface area contributed by atoms with Crippen molar-refractivity contribution in [2.45, 2.75) is 6.61 Å². The van der Waals surface area contributed by atoms with Crippen molar-refractivity contribution in [1.82, 2.24) is 10.2 Å². The highest BCUT2D eigenvalue weighted by molar-refractivity contribution is 7.15. The molecule has 1 aromatic heterocycles. The summed E-state index contributed by atoms with van der Waals surface area (Å²) >= 11 is 1.05. The van der Waals surface area contributed by atoms with Gasteiger partial charge in [-0.25, -0.2) is 8.78 Å². The lowest BCUT2D eigenvalue weighted by Crippen LogP contribution is -2.03. The van der Waals surface area contributed by atoms with E-state index in [-0.39, 0.29) is 11.1 Å². The van der Waals surface area contributed by atoms with Gasteiger partial charge in [-0.05, 0) is 12.1 Å². The number of benzene rings is 2. The molecule has 0 aliphatic carbocycles. The van der Waals surface area contributed by atoms with Crippen molar-refractivity contribution in [3.63, 3.8) is 0 Å². The first-order valence-corrected chi connectivity index (χ1v) is 7.99. The molecule has 3 aromatic rings. The third-order valence-corrected chi connectivity index (χ3v) is 4.01. The zero-order valence-electron chi connectivity index (χ0n) is 13.2. The van der Waals surface area contributed by atoms with Gasteiger partial charge in [0.1, 0.15) is 12.4 Å². The molecule has 0 atom stereocenters. The summed E-state index contributed by atoms with van der Waals surface area (Å²) in [5.41, 5.74) is 0.692. The van der Waals surface area contributed by atoms with Crippen LogP contribution in [-0.4, -0.2) is 17.3 Å². The molecule has 5 nitrogen and oxygen atoms in total. The zero-order valence-corrected chi connectivity index (χ0v) is 14.0. The number of nitrogens with one attached hydrogen (secondary N) is 1.